The van der Waals surface area contributed by atoms with E-state index in [4.69, 9.17) is 9.47 Å². The van der Waals surface area contributed by atoms with Crippen LogP contribution in [-0.4, -0.2) is 11.7 Å². The van der Waals surface area contributed by atoms with E-state index in [1.54, 1.807) is 0 Å². The van der Waals surface area contributed by atoms with Gasteiger partial charge in [0.25, 0.3) is 6.71 Å². The summed E-state index contributed by atoms with van der Waals surface area (Å²) in [6.45, 7) is 0.0846. The van der Waals surface area contributed by atoms with Gasteiger partial charge in [-0.3, -0.25) is 4.98 Å². The SMILES string of the molecule is c1ccc(-c2cc3c4c(c2)Sc2cc(-c5ccccc5)cc5c2B4c2c(cncc2O5)O3)cc1. The minimum Gasteiger partial charge on any atom is -0.457 e. The van der Waals surface area contributed by atoms with Crippen LogP contribution in [0.2, 0.25) is 0 Å². The van der Waals surface area contributed by atoms with Crippen LogP contribution in [0.5, 0.6) is 23.0 Å². The summed E-state index contributed by atoms with van der Waals surface area (Å²) in [5.41, 5.74) is 8.22. The molecule has 0 atom stereocenters. The van der Waals surface area contributed by atoms with E-state index in [1.165, 1.54) is 31.8 Å². The third-order valence-electron chi connectivity index (χ3n) is 6.86. The molecular formula is C29H16BNO2S. The smallest absolute Gasteiger partial charge is 0.263 e. The molecule has 0 aliphatic carbocycles. The van der Waals surface area contributed by atoms with E-state index >= 15 is 0 Å². The molecule has 0 saturated carbocycles. The Morgan fingerprint density at radius 2 is 1.03 bits per heavy atom. The molecule has 0 N–H and O–H groups in total. The van der Waals surface area contributed by atoms with Gasteiger partial charge in [-0.15, -0.1) is 0 Å². The van der Waals surface area contributed by atoms with E-state index in [1.807, 2.05) is 36.3 Å². The van der Waals surface area contributed by atoms with Gasteiger partial charge in [-0.1, -0.05) is 72.4 Å². The molecule has 0 bridgehead atoms. The van der Waals surface area contributed by atoms with E-state index in [-0.39, 0.29) is 6.71 Å². The summed E-state index contributed by atoms with van der Waals surface area (Å²) in [4.78, 5) is 6.90. The van der Waals surface area contributed by atoms with Gasteiger partial charge >= 0.3 is 0 Å². The van der Waals surface area contributed by atoms with Gasteiger partial charge in [-0.25, -0.2) is 0 Å². The third-order valence-corrected chi connectivity index (χ3v) is 7.98. The van der Waals surface area contributed by atoms with Crippen LogP contribution in [-0.2, 0) is 0 Å². The van der Waals surface area contributed by atoms with Crippen LogP contribution < -0.4 is 25.9 Å². The minimum absolute atomic E-state index is 0.0846. The molecule has 0 radical (unpaired) electrons. The molecule has 3 aliphatic rings. The molecule has 0 fully saturated rings. The number of rotatable bonds is 2. The fourth-order valence-electron chi connectivity index (χ4n) is 5.37. The van der Waals surface area contributed by atoms with Crippen molar-refractivity contribution in [2.24, 2.45) is 0 Å². The first-order valence-corrected chi connectivity index (χ1v) is 12.1. The van der Waals surface area contributed by atoms with Gasteiger partial charge in [0, 0.05) is 15.3 Å². The maximum Gasteiger partial charge on any atom is 0.263 e. The van der Waals surface area contributed by atoms with E-state index in [9.17, 15) is 0 Å². The Kier molecular flexibility index (Phi) is 3.68. The zero-order valence-corrected chi connectivity index (χ0v) is 18.8. The summed E-state index contributed by atoms with van der Waals surface area (Å²) in [5.74, 6) is 3.38. The van der Waals surface area contributed by atoms with Gasteiger partial charge in [0.1, 0.15) is 23.0 Å². The van der Waals surface area contributed by atoms with Gasteiger partial charge < -0.3 is 9.47 Å². The lowest BCUT2D eigenvalue weighted by atomic mass is 9.34. The Hall–Kier alpha value is -3.96. The first-order valence-electron chi connectivity index (χ1n) is 11.3. The van der Waals surface area contributed by atoms with Crippen molar-refractivity contribution in [3.8, 4) is 45.3 Å². The molecule has 8 rings (SSSR count). The Morgan fingerprint density at radius 3 is 1.53 bits per heavy atom. The fraction of sp³-hybridized carbons (Fsp3) is 0. The number of hydrogen-bond donors (Lipinski definition) is 0. The van der Waals surface area contributed by atoms with Gasteiger partial charge in [-0.2, -0.15) is 0 Å². The molecule has 0 unspecified atom stereocenters. The summed E-state index contributed by atoms with van der Waals surface area (Å²) in [7, 11) is 0. The first-order chi connectivity index (χ1) is 16.8. The Morgan fingerprint density at radius 1 is 0.529 bits per heavy atom. The standard InChI is InChI=1S/C29H16BNO2S/c1-3-7-17(8-4-1)19-11-21-28-25(13-19)34-26-14-20(18-9-5-2-6-10-18)12-22-29(26)30(28)27-23(32-21)15-31-16-24(27)33-22/h1-16H. The van der Waals surface area contributed by atoms with Crippen molar-refractivity contribution in [1.29, 1.82) is 0 Å². The van der Waals surface area contributed by atoms with Crippen molar-refractivity contribution >= 4 is 34.9 Å². The lowest BCUT2D eigenvalue weighted by Gasteiger charge is -2.37. The summed E-state index contributed by atoms with van der Waals surface area (Å²) in [5, 5.41) is 0. The number of hydrogen-bond acceptors (Lipinski definition) is 4. The highest BCUT2D eigenvalue weighted by Gasteiger charge is 2.46. The quantitative estimate of drug-likeness (QED) is 0.319. The maximum atomic E-state index is 6.45. The van der Waals surface area contributed by atoms with E-state index < -0.39 is 0 Å². The van der Waals surface area contributed by atoms with Crippen LogP contribution in [0.3, 0.4) is 0 Å². The highest BCUT2D eigenvalue weighted by Crippen LogP contribution is 2.45. The molecule has 3 aliphatic heterocycles. The van der Waals surface area contributed by atoms with Crippen LogP contribution in [0, 0.1) is 0 Å². The monoisotopic (exact) mass is 453 g/mol. The summed E-state index contributed by atoms with van der Waals surface area (Å²) in [6.07, 6.45) is 3.62. The van der Waals surface area contributed by atoms with Crippen molar-refractivity contribution in [3.63, 3.8) is 0 Å². The molecule has 4 aromatic carbocycles. The van der Waals surface area contributed by atoms with Crippen LogP contribution in [0.15, 0.2) is 107 Å². The third kappa shape index (κ3) is 2.53. The molecule has 0 spiro atoms. The zero-order chi connectivity index (χ0) is 22.2. The zero-order valence-electron chi connectivity index (χ0n) is 18.0. The normalized spacial score (nSPS) is 13.6. The van der Waals surface area contributed by atoms with Crippen molar-refractivity contribution in [3.05, 3.63) is 97.3 Å². The number of benzene rings is 4. The van der Waals surface area contributed by atoms with Crippen LogP contribution >= 0.6 is 11.8 Å². The molecule has 0 saturated heterocycles. The van der Waals surface area contributed by atoms with E-state index in [0.29, 0.717) is 0 Å². The van der Waals surface area contributed by atoms with Crippen molar-refractivity contribution in [2.45, 2.75) is 9.79 Å². The first kappa shape index (κ1) is 18.5. The Bertz CT molecular complexity index is 1520. The molecule has 158 valence electrons. The Balaban J connectivity index is 1.41. The lowest BCUT2D eigenvalue weighted by molar-refractivity contribution is 0.459. The summed E-state index contributed by atoms with van der Waals surface area (Å²) >= 11 is 1.81. The minimum atomic E-state index is 0.0846. The Labute approximate surface area is 201 Å². The fourth-order valence-corrected chi connectivity index (χ4v) is 6.64. The van der Waals surface area contributed by atoms with Crippen molar-refractivity contribution in [2.75, 3.05) is 0 Å². The molecule has 0 amide bonds. The molecular weight excluding hydrogens is 437 g/mol. The largest absolute Gasteiger partial charge is 0.457 e. The maximum absolute atomic E-state index is 6.45. The second-order valence-corrected chi connectivity index (χ2v) is 9.88. The molecule has 3 nitrogen and oxygen atoms in total. The molecule has 1 aromatic heterocycles. The number of pyridine rings is 1. The predicted molar refractivity (Wildman–Crippen MR) is 137 cm³/mol. The van der Waals surface area contributed by atoms with Crippen LogP contribution in [0.25, 0.3) is 22.3 Å². The second kappa shape index (κ2) is 6.78. The van der Waals surface area contributed by atoms with Gasteiger partial charge in [-0.05, 0) is 57.4 Å². The topological polar surface area (TPSA) is 31.4 Å². The average Bonchev–Trinajstić information content (AvgIpc) is 2.89. The van der Waals surface area contributed by atoms with Crippen molar-refractivity contribution < 1.29 is 9.47 Å². The number of nitrogens with zero attached hydrogens (tertiary/aromatic N) is 1. The van der Waals surface area contributed by atoms with Crippen molar-refractivity contribution in [1.82, 2.24) is 4.98 Å². The van der Waals surface area contributed by atoms with E-state index in [0.717, 1.165) is 39.6 Å². The van der Waals surface area contributed by atoms with E-state index in [2.05, 4.69) is 77.8 Å². The van der Waals surface area contributed by atoms with Crippen LogP contribution in [0.4, 0.5) is 0 Å². The highest BCUT2D eigenvalue weighted by atomic mass is 32.2. The lowest BCUT2D eigenvalue weighted by Crippen LogP contribution is -2.60. The molecule has 34 heavy (non-hydrogen) atoms. The van der Waals surface area contributed by atoms with Gasteiger partial charge in [0.15, 0.2) is 0 Å². The van der Waals surface area contributed by atoms with Crippen LogP contribution in [0.1, 0.15) is 0 Å². The summed E-state index contributed by atoms with van der Waals surface area (Å²) in [6, 6.07) is 29.9. The number of ether oxygens (including phenoxy) is 2. The van der Waals surface area contributed by atoms with Gasteiger partial charge in [0.05, 0.1) is 12.4 Å². The summed E-state index contributed by atoms with van der Waals surface area (Å²) < 4.78 is 12.9. The number of aromatic nitrogens is 1. The average molecular weight is 453 g/mol. The predicted octanol–water partition coefficient (Wildman–Crippen LogP) is 5.61. The molecule has 5 heteroatoms. The van der Waals surface area contributed by atoms with Gasteiger partial charge in [0.2, 0.25) is 0 Å². The second-order valence-electron chi connectivity index (χ2n) is 8.79. The highest BCUT2D eigenvalue weighted by molar-refractivity contribution is 8.00. The molecule has 4 heterocycles. The molecule has 5 aromatic rings.